The number of halogens is 1. The highest BCUT2D eigenvalue weighted by Gasteiger charge is 2.39. The van der Waals surface area contributed by atoms with Crippen LogP contribution in [-0.4, -0.2) is 44.0 Å². The molecule has 1 fully saturated rings. The molecular weight excluding hydrogens is 370 g/mol. The third-order valence-electron chi connectivity index (χ3n) is 4.99. The summed E-state index contributed by atoms with van der Waals surface area (Å²) in [7, 11) is 0. The normalized spacial score (nSPS) is 23.1. The second-order valence-electron chi connectivity index (χ2n) is 6.80. The Kier molecular flexibility index (Phi) is 5.09. The lowest BCUT2D eigenvalue weighted by Crippen LogP contribution is -2.46. The SMILES string of the molecule is Cc1nnc2n1N[C@H](c1ccc(Cl)cc1)[C@H](C(=O)N1CCCCCC1)S2. The zero-order chi connectivity index (χ0) is 18.1. The smallest absolute Gasteiger partial charge is 0.238 e. The van der Waals surface area contributed by atoms with Gasteiger partial charge in [0.05, 0.1) is 6.04 Å². The lowest BCUT2D eigenvalue weighted by molar-refractivity contribution is -0.131. The van der Waals surface area contributed by atoms with E-state index in [1.54, 1.807) is 0 Å². The Morgan fingerprint density at radius 1 is 1.15 bits per heavy atom. The van der Waals surface area contributed by atoms with E-state index in [2.05, 4.69) is 15.6 Å². The Hall–Kier alpha value is -1.73. The summed E-state index contributed by atoms with van der Waals surface area (Å²) in [6, 6.07) is 7.54. The first-order chi connectivity index (χ1) is 12.6. The predicted molar refractivity (Wildman–Crippen MR) is 103 cm³/mol. The van der Waals surface area contributed by atoms with Crippen molar-refractivity contribution in [1.29, 1.82) is 0 Å². The van der Waals surface area contributed by atoms with Gasteiger partial charge in [-0.05, 0) is 37.5 Å². The molecule has 2 atom stereocenters. The van der Waals surface area contributed by atoms with Crippen LogP contribution >= 0.6 is 23.4 Å². The van der Waals surface area contributed by atoms with Gasteiger partial charge in [-0.15, -0.1) is 10.2 Å². The number of amides is 1. The van der Waals surface area contributed by atoms with E-state index in [0.29, 0.717) is 5.02 Å². The standard InChI is InChI=1S/C18H22ClN5OS/c1-12-20-21-18-24(12)22-15(13-6-8-14(19)9-7-13)16(26-18)17(25)23-10-4-2-3-5-11-23/h6-9,15-16,22H,2-5,10-11H2,1H3/t15-,16-/m1/s1. The number of benzene rings is 1. The summed E-state index contributed by atoms with van der Waals surface area (Å²) in [6.07, 6.45) is 4.57. The number of fused-ring (bicyclic) bond motifs is 1. The average molecular weight is 392 g/mol. The molecule has 2 aromatic rings. The Labute approximate surface area is 162 Å². The van der Waals surface area contributed by atoms with Crippen LogP contribution in [0.3, 0.4) is 0 Å². The molecular formula is C18H22ClN5OS. The second-order valence-corrected chi connectivity index (χ2v) is 8.35. The van der Waals surface area contributed by atoms with Crippen molar-refractivity contribution in [2.24, 2.45) is 0 Å². The van der Waals surface area contributed by atoms with Crippen LogP contribution in [0.5, 0.6) is 0 Å². The molecule has 138 valence electrons. The van der Waals surface area contributed by atoms with E-state index in [1.807, 2.05) is 40.8 Å². The number of aryl methyl sites for hydroxylation is 1. The lowest BCUT2D eigenvalue weighted by atomic mass is 10.0. The third-order valence-corrected chi connectivity index (χ3v) is 6.44. The topological polar surface area (TPSA) is 63.1 Å². The summed E-state index contributed by atoms with van der Waals surface area (Å²) in [5, 5.41) is 9.51. The molecule has 0 radical (unpaired) electrons. The summed E-state index contributed by atoms with van der Waals surface area (Å²) in [5.74, 6) is 0.961. The molecule has 0 unspecified atom stereocenters. The number of carbonyl (C=O) groups excluding carboxylic acids is 1. The quantitative estimate of drug-likeness (QED) is 0.850. The maximum Gasteiger partial charge on any atom is 0.238 e. The van der Waals surface area contributed by atoms with E-state index in [4.69, 9.17) is 11.6 Å². The fourth-order valence-corrected chi connectivity index (χ4v) is 4.88. The van der Waals surface area contributed by atoms with Gasteiger partial charge in [-0.2, -0.15) is 0 Å². The van der Waals surface area contributed by atoms with Crippen molar-refractivity contribution in [2.45, 2.75) is 49.1 Å². The van der Waals surface area contributed by atoms with Crippen molar-refractivity contribution in [1.82, 2.24) is 19.8 Å². The maximum atomic E-state index is 13.4. The first-order valence-corrected chi connectivity index (χ1v) is 10.3. The summed E-state index contributed by atoms with van der Waals surface area (Å²) in [6.45, 7) is 3.59. The van der Waals surface area contributed by atoms with Crippen molar-refractivity contribution < 1.29 is 4.79 Å². The molecule has 1 aromatic carbocycles. The zero-order valence-corrected chi connectivity index (χ0v) is 16.3. The molecule has 1 saturated heterocycles. The van der Waals surface area contributed by atoms with Crippen LogP contribution in [0.15, 0.2) is 29.4 Å². The van der Waals surface area contributed by atoms with Crippen LogP contribution in [0, 0.1) is 6.92 Å². The van der Waals surface area contributed by atoms with Gasteiger partial charge < -0.3 is 10.3 Å². The van der Waals surface area contributed by atoms with Gasteiger partial charge in [-0.25, -0.2) is 4.68 Å². The molecule has 2 aliphatic rings. The van der Waals surface area contributed by atoms with Gasteiger partial charge in [0, 0.05) is 18.1 Å². The molecule has 8 heteroatoms. The first-order valence-electron chi connectivity index (χ1n) is 9.03. The number of thioether (sulfide) groups is 1. The minimum absolute atomic E-state index is 0.157. The Morgan fingerprint density at radius 3 is 2.54 bits per heavy atom. The van der Waals surface area contributed by atoms with E-state index in [-0.39, 0.29) is 17.2 Å². The Morgan fingerprint density at radius 2 is 1.85 bits per heavy atom. The van der Waals surface area contributed by atoms with Gasteiger partial charge in [-0.3, -0.25) is 4.79 Å². The van der Waals surface area contributed by atoms with Crippen LogP contribution in [-0.2, 0) is 4.79 Å². The number of rotatable bonds is 2. The van der Waals surface area contributed by atoms with Gasteiger partial charge in [0.15, 0.2) is 0 Å². The molecule has 26 heavy (non-hydrogen) atoms. The Balaban J connectivity index is 1.66. The molecule has 0 bridgehead atoms. The van der Waals surface area contributed by atoms with Crippen LogP contribution in [0.25, 0.3) is 0 Å². The van der Waals surface area contributed by atoms with Gasteiger partial charge in [-0.1, -0.05) is 48.3 Å². The fraction of sp³-hybridized carbons (Fsp3) is 0.500. The molecule has 1 aromatic heterocycles. The highest BCUT2D eigenvalue weighted by Crippen LogP contribution is 2.38. The molecule has 3 heterocycles. The number of carbonyl (C=O) groups is 1. The summed E-state index contributed by atoms with van der Waals surface area (Å²) >= 11 is 7.55. The highest BCUT2D eigenvalue weighted by molar-refractivity contribution is 8.00. The fourth-order valence-electron chi connectivity index (χ4n) is 3.54. The third kappa shape index (κ3) is 3.42. The number of likely N-dealkylation sites (tertiary alicyclic amines) is 1. The van der Waals surface area contributed by atoms with Gasteiger partial charge in [0.2, 0.25) is 11.1 Å². The van der Waals surface area contributed by atoms with E-state index in [1.165, 1.54) is 24.6 Å². The molecule has 4 rings (SSSR count). The monoisotopic (exact) mass is 391 g/mol. The van der Waals surface area contributed by atoms with Crippen LogP contribution < -0.4 is 5.43 Å². The average Bonchev–Trinajstić information content (AvgIpc) is 2.86. The largest absolute Gasteiger partial charge is 0.342 e. The number of nitrogens with zero attached hydrogens (tertiary/aromatic N) is 4. The second kappa shape index (κ2) is 7.48. The number of nitrogens with one attached hydrogen (secondary N) is 1. The number of hydrogen-bond acceptors (Lipinski definition) is 5. The van der Waals surface area contributed by atoms with Crippen LogP contribution in [0.2, 0.25) is 5.02 Å². The maximum absolute atomic E-state index is 13.4. The van der Waals surface area contributed by atoms with Crippen molar-refractivity contribution in [3.05, 3.63) is 40.7 Å². The van der Waals surface area contributed by atoms with Crippen molar-refractivity contribution >= 4 is 29.3 Å². The van der Waals surface area contributed by atoms with Gasteiger partial charge in [0.1, 0.15) is 11.1 Å². The van der Waals surface area contributed by atoms with E-state index < -0.39 is 0 Å². The minimum Gasteiger partial charge on any atom is -0.342 e. The van der Waals surface area contributed by atoms with E-state index in [9.17, 15) is 4.79 Å². The van der Waals surface area contributed by atoms with E-state index in [0.717, 1.165) is 42.5 Å². The summed E-state index contributed by atoms with van der Waals surface area (Å²) < 4.78 is 1.87. The molecule has 1 amide bonds. The summed E-state index contributed by atoms with van der Waals surface area (Å²) in [4.78, 5) is 15.4. The first kappa shape index (κ1) is 17.7. The molecule has 0 aliphatic carbocycles. The van der Waals surface area contributed by atoms with Crippen LogP contribution in [0.1, 0.15) is 43.1 Å². The van der Waals surface area contributed by atoms with Crippen molar-refractivity contribution in [3.8, 4) is 0 Å². The zero-order valence-electron chi connectivity index (χ0n) is 14.7. The molecule has 1 N–H and O–H groups in total. The lowest BCUT2D eigenvalue weighted by Gasteiger charge is -2.35. The number of aromatic nitrogens is 3. The van der Waals surface area contributed by atoms with Crippen LogP contribution in [0.4, 0.5) is 0 Å². The molecule has 0 saturated carbocycles. The van der Waals surface area contributed by atoms with Gasteiger partial charge >= 0.3 is 0 Å². The van der Waals surface area contributed by atoms with Gasteiger partial charge in [0.25, 0.3) is 0 Å². The molecule has 6 nitrogen and oxygen atoms in total. The highest BCUT2D eigenvalue weighted by atomic mass is 35.5. The van der Waals surface area contributed by atoms with Crippen molar-refractivity contribution in [2.75, 3.05) is 18.5 Å². The molecule has 0 spiro atoms. The van der Waals surface area contributed by atoms with Crippen molar-refractivity contribution in [3.63, 3.8) is 0 Å². The summed E-state index contributed by atoms with van der Waals surface area (Å²) in [5.41, 5.74) is 4.48. The Bertz CT molecular complexity index is 785. The molecule has 2 aliphatic heterocycles. The van der Waals surface area contributed by atoms with E-state index >= 15 is 0 Å². The minimum atomic E-state index is -0.273. The predicted octanol–water partition coefficient (Wildman–Crippen LogP) is 3.40. The number of hydrogen-bond donors (Lipinski definition) is 1.